The SMILES string of the molecule is Clc1cccc(C2CN=C(C3CCCNC3)O2)c1. The summed E-state index contributed by atoms with van der Waals surface area (Å²) in [5, 5.41) is 4.15. The van der Waals surface area contributed by atoms with Gasteiger partial charge < -0.3 is 10.1 Å². The average molecular weight is 265 g/mol. The van der Waals surface area contributed by atoms with Crippen molar-refractivity contribution in [2.45, 2.75) is 18.9 Å². The zero-order chi connectivity index (χ0) is 12.4. The van der Waals surface area contributed by atoms with Gasteiger partial charge in [-0.05, 0) is 37.1 Å². The molecule has 1 aromatic rings. The van der Waals surface area contributed by atoms with E-state index in [1.54, 1.807) is 0 Å². The summed E-state index contributed by atoms with van der Waals surface area (Å²) < 4.78 is 5.99. The van der Waals surface area contributed by atoms with E-state index in [2.05, 4.69) is 10.3 Å². The van der Waals surface area contributed by atoms with E-state index in [1.165, 1.54) is 12.8 Å². The highest BCUT2D eigenvalue weighted by Crippen LogP contribution is 2.28. The minimum atomic E-state index is 0.0422. The molecule has 0 aromatic heterocycles. The third-order valence-corrected chi connectivity index (χ3v) is 3.78. The number of hydrogen-bond donors (Lipinski definition) is 1. The first-order valence-corrected chi connectivity index (χ1v) is 6.88. The molecule has 1 aromatic carbocycles. The number of benzene rings is 1. The van der Waals surface area contributed by atoms with Crippen LogP contribution >= 0.6 is 11.6 Å². The maximum atomic E-state index is 6.01. The molecule has 0 spiro atoms. The molecule has 0 saturated carbocycles. The van der Waals surface area contributed by atoms with E-state index in [0.717, 1.165) is 29.6 Å². The lowest BCUT2D eigenvalue weighted by molar-refractivity contribution is 0.209. The average Bonchev–Trinajstić information content (AvgIpc) is 2.89. The standard InChI is InChI=1S/C14H17ClN2O/c15-12-5-1-3-10(7-12)13-9-17-14(18-13)11-4-2-6-16-8-11/h1,3,5,7,11,13,16H,2,4,6,8-9H2. The fourth-order valence-corrected chi connectivity index (χ4v) is 2.76. The first-order chi connectivity index (χ1) is 8.83. The second-order valence-corrected chi connectivity index (χ2v) is 5.32. The smallest absolute Gasteiger partial charge is 0.188 e. The molecule has 2 aliphatic rings. The summed E-state index contributed by atoms with van der Waals surface area (Å²) in [5.74, 6) is 1.37. The normalized spacial score (nSPS) is 27.7. The zero-order valence-electron chi connectivity index (χ0n) is 10.2. The van der Waals surface area contributed by atoms with Crippen LogP contribution in [0.15, 0.2) is 29.3 Å². The Balaban J connectivity index is 1.66. The van der Waals surface area contributed by atoms with Gasteiger partial charge in [-0.3, -0.25) is 4.99 Å². The molecule has 96 valence electrons. The highest BCUT2D eigenvalue weighted by atomic mass is 35.5. The number of aliphatic imine (C=N–C) groups is 1. The first kappa shape index (κ1) is 12.0. The number of ether oxygens (including phenoxy) is 1. The number of halogens is 1. The van der Waals surface area contributed by atoms with Crippen molar-refractivity contribution in [3.8, 4) is 0 Å². The maximum absolute atomic E-state index is 6.01. The van der Waals surface area contributed by atoms with Gasteiger partial charge >= 0.3 is 0 Å². The monoisotopic (exact) mass is 264 g/mol. The number of rotatable bonds is 2. The van der Waals surface area contributed by atoms with Crippen molar-refractivity contribution in [1.29, 1.82) is 0 Å². The Morgan fingerprint density at radius 3 is 3.11 bits per heavy atom. The van der Waals surface area contributed by atoms with Crippen molar-refractivity contribution < 1.29 is 4.74 Å². The van der Waals surface area contributed by atoms with Crippen molar-refractivity contribution in [2.75, 3.05) is 19.6 Å². The van der Waals surface area contributed by atoms with Crippen LogP contribution in [0.25, 0.3) is 0 Å². The van der Waals surface area contributed by atoms with Crippen LogP contribution in [0.4, 0.5) is 0 Å². The van der Waals surface area contributed by atoms with E-state index in [4.69, 9.17) is 16.3 Å². The Morgan fingerprint density at radius 2 is 2.33 bits per heavy atom. The highest BCUT2D eigenvalue weighted by Gasteiger charge is 2.28. The van der Waals surface area contributed by atoms with E-state index in [-0.39, 0.29) is 6.10 Å². The van der Waals surface area contributed by atoms with Gasteiger partial charge in [0.2, 0.25) is 0 Å². The summed E-state index contributed by atoms with van der Waals surface area (Å²) in [7, 11) is 0. The molecule has 1 fully saturated rings. The molecule has 3 rings (SSSR count). The summed E-state index contributed by atoms with van der Waals surface area (Å²) in [6.07, 6.45) is 2.42. The maximum Gasteiger partial charge on any atom is 0.188 e. The second-order valence-electron chi connectivity index (χ2n) is 4.88. The first-order valence-electron chi connectivity index (χ1n) is 6.50. The van der Waals surface area contributed by atoms with Gasteiger partial charge in [-0.1, -0.05) is 23.7 Å². The van der Waals surface area contributed by atoms with E-state index < -0.39 is 0 Å². The molecule has 2 unspecified atom stereocenters. The Kier molecular flexibility index (Phi) is 3.52. The lowest BCUT2D eigenvalue weighted by Crippen LogP contribution is -2.34. The van der Waals surface area contributed by atoms with Gasteiger partial charge in [0.1, 0.15) is 6.10 Å². The summed E-state index contributed by atoms with van der Waals surface area (Å²) >= 11 is 6.01. The molecule has 3 nitrogen and oxygen atoms in total. The topological polar surface area (TPSA) is 33.6 Å². The zero-order valence-corrected chi connectivity index (χ0v) is 11.0. The Labute approximate surface area is 112 Å². The van der Waals surface area contributed by atoms with Crippen LogP contribution in [-0.4, -0.2) is 25.5 Å². The van der Waals surface area contributed by atoms with Gasteiger partial charge in [0.15, 0.2) is 5.90 Å². The molecule has 2 atom stereocenters. The number of nitrogens with one attached hydrogen (secondary N) is 1. The summed E-state index contributed by atoms with van der Waals surface area (Å²) in [6.45, 7) is 2.81. The van der Waals surface area contributed by atoms with Crippen molar-refractivity contribution in [3.05, 3.63) is 34.9 Å². The van der Waals surface area contributed by atoms with Crippen LogP contribution in [0.2, 0.25) is 5.02 Å². The van der Waals surface area contributed by atoms with Gasteiger partial charge in [-0.15, -0.1) is 0 Å². The number of piperidine rings is 1. The van der Waals surface area contributed by atoms with E-state index >= 15 is 0 Å². The van der Waals surface area contributed by atoms with Crippen LogP contribution in [0.1, 0.15) is 24.5 Å². The quantitative estimate of drug-likeness (QED) is 0.891. The van der Waals surface area contributed by atoms with Gasteiger partial charge in [-0.25, -0.2) is 0 Å². The molecule has 0 aliphatic carbocycles. The van der Waals surface area contributed by atoms with Gasteiger partial charge in [0, 0.05) is 17.5 Å². The summed E-state index contributed by atoms with van der Waals surface area (Å²) in [4.78, 5) is 4.56. The highest BCUT2D eigenvalue weighted by molar-refractivity contribution is 6.30. The van der Waals surface area contributed by atoms with Crippen LogP contribution in [0, 0.1) is 5.92 Å². The molecule has 1 saturated heterocycles. The Hall–Kier alpha value is -1.06. The second kappa shape index (κ2) is 5.29. The van der Waals surface area contributed by atoms with Crippen LogP contribution < -0.4 is 5.32 Å². The lowest BCUT2D eigenvalue weighted by Gasteiger charge is -2.23. The molecule has 4 heteroatoms. The van der Waals surface area contributed by atoms with Crippen molar-refractivity contribution >= 4 is 17.5 Å². The van der Waals surface area contributed by atoms with Crippen LogP contribution in [0.5, 0.6) is 0 Å². The molecule has 0 radical (unpaired) electrons. The predicted octanol–water partition coefficient (Wildman–Crippen LogP) is 2.81. The molecule has 0 amide bonds. The lowest BCUT2D eigenvalue weighted by atomic mass is 10.00. The van der Waals surface area contributed by atoms with E-state index in [9.17, 15) is 0 Å². The largest absolute Gasteiger partial charge is 0.471 e. The third-order valence-electron chi connectivity index (χ3n) is 3.54. The molecule has 18 heavy (non-hydrogen) atoms. The minimum Gasteiger partial charge on any atom is -0.471 e. The van der Waals surface area contributed by atoms with Gasteiger partial charge in [0.25, 0.3) is 0 Å². The Morgan fingerprint density at radius 1 is 1.39 bits per heavy atom. The molecular formula is C14H17ClN2O. The van der Waals surface area contributed by atoms with Crippen molar-refractivity contribution in [2.24, 2.45) is 10.9 Å². The predicted molar refractivity (Wildman–Crippen MR) is 73.2 cm³/mol. The van der Waals surface area contributed by atoms with Gasteiger partial charge in [-0.2, -0.15) is 0 Å². The third kappa shape index (κ3) is 2.52. The number of hydrogen-bond acceptors (Lipinski definition) is 3. The fraction of sp³-hybridized carbons (Fsp3) is 0.500. The van der Waals surface area contributed by atoms with Crippen molar-refractivity contribution in [3.63, 3.8) is 0 Å². The fourth-order valence-electron chi connectivity index (χ4n) is 2.56. The summed E-state index contributed by atoms with van der Waals surface area (Å²) in [6, 6.07) is 7.85. The van der Waals surface area contributed by atoms with E-state index in [1.807, 2.05) is 24.3 Å². The van der Waals surface area contributed by atoms with Crippen LogP contribution in [-0.2, 0) is 4.74 Å². The molecule has 1 N–H and O–H groups in total. The van der Waals surface area contributed by atoms with E-state index in [0.29, 0.717) is 12.5 Å². The molecule has 0 bridgehead atoms. The van der Waals surface area contributed by atoms with Crippen LogP contribution in [0.3, 0.4) is 0 Å². The Bertz CT molecular complexity index is 455. The number of nitrogens with zero attached hydrogens (tertiary/aromatic N) is 1. The van der Waals surface area contributed by atoms with Gasteiger partial charge in [0.05, 0.1) is 6.54 Å². The summed E-state index contributed by atoms with van der Waals surface area (Å²) in [5.41, 5.74) is 1.12. The molecule has 2 heterocycles. The molecule has 2 aliphatic heterocycles. The molecular weight excluding hydrogens is 248 g/mol. The van der Waals surface area contributed by atoms with Crippen molar-refractivity contribution in [1.82, 2.24) is 5.32 Å². The minimum absolute atomic E-state index is 0.0422.